The Kier molecular flexibility index (Phi) is 5.08. The number of ether oxygens (including phenoxy) is 1. The predicted octanol–water partition coefficient (Wildman–Crippen LogP) is 2.24. The van der Waals surface area contributed by atoms with Gasteiger partial charge in [-0.05, 0) is 18.1 Å². The van der Waals surface area contributed by atoms with Crippen LogP contribution in [0.25, 0.3) is 0 Å². The number of para-hydroxylation sites is 1. The van der Waals surface area contributed by atoms with Gasteiger partial charge in [0.15, 0.2) is 0 Å². The SMILES string of the molecule is O=C(NCCc1ccccc1OC(F)(F)F)C1CC(F)(F)CN1. The van der Waals surface area contributed by atoms with Crippen LogP contribution in [0.3, 0.4) is 0 Å². The molecule has 0 radical (unpaired) electrons. The Morgan fingerprint density at radius 3 is 2.65 bits per heavy atom. The van der Waals surface area contributed by atoms with Gasteiger partial charge in [-0.3, -0.25) is 10.1 Å². The first-order valence-corrected chi connectivity index (χ1v) is 6.89. The van der Waals surface area contributed by atoms with Gasteiger partial charge in [0, 0.05) is 13.0 Å². The zero-order chi connectivity index (χ0) is 17.1. The highest BCUT2D eigenvalue weighted by Gasteiger charge is 2.42. The van der Waals surface area contributed by atoms with E-state index in [1.165, 1.54) is 18.2 Å². The molecule has 1 fully saturated rings. The van der Waals surface area contributed by atoms with Crippen molar-refractivity contribution < 1.29 is 31.5 Å². The summed E-state index contributed by atoms with van der Waals surface area (Å²) in [5.74, 6) is -3.87. The number of carbonyl (C=O) groups excluding carboxylic acids is 1. The molecule has 2 N–H and O–H groups in total. The van der Waals surface area contributed by atoms with Gasteiger partial charge in [0.2, 0.25) is 5.91 Å². The summed E-state index contributed by atoms with van der Waals surface area (Å²) in [7, 11) is 0. The number of benzene rings is 1. The van der Waals surface area contributed by atoms with Crippen LogP contribution in [0.5, 0.6) is 5.75 Å². The smallest absolute Gasteiger partial charge is 0.406 e. The molecule has 1 unspecified atom stereocenters. The zero-order valence-electron chi connectivity index (χ0n) is 11.9. The predicted molar refractivity (Wildman–Crippen MR) is 71.2 cm³/mol. The molecule has 1 atom stereocenters. The fourth-order valence-corrected chi connectivity index (χ4v) is 2.28. The Hall–Kier alpha value is -1.90. The highest BCUT2D eigenvalue weighted by atomic mass is 19.4. The highest BCUT2D eigenvalue weighted by molar-refractivity contribution is 5.82. The van der Waals surface area contributed by atoms with Gasteiger partial charge in [-0.25, -0.2) is 8.78 Å². The maximum Gasteiger partial charge on any atom is 0.573 e. The third-order valence-corrected chi connectivity index (χ3v) is 3.32. The lowest BCUT2D eigenvalue weighted by atomic mass is 10.1. The Morgan fingerprint density at radius 2 is 2.04 bits per heavy atom. The van der Waals surface area contributed by atoms with Gasteiger partial charge in [-0.1, -0.05) is 18.2 Å². The molecule has 2 rings (SSSR count). The van der Waals surface area contributed by atoms with E-state index in [4.69, 9.17) is 0 Å². The summed E-state index contributed by atoms with van der Waals surface area (Å²) in [5.41, 5.74) is 0.259. The molecule has 1 aliphatic rings. The maximum absolute atomic E-state index is 13.0. The Balaban J connectivity index is 1.86. The monoisotopic (exact) mass is 338 g/mol. The molecule has 0 bridgehead atoms. The number of hydrogen-bond acceptors (Lipinski definition) is 3. The molecular weight excluding hydrogens is 323 g/mol. The van der Waals surface area contributed by atoms with Gasteiger partial charge in [-0.15, -0.1) is 13.2 Å². The summed E-state index contributed by atoms with van der Waals surface area (Å²) in [6.07, 6.45) is -5.31. The van der Waals surface area contributed by atoms with Crippen LogP contribution in [0.4, 0.5) is 22.0 Å². The summed E-state index contributed by atoms with van der Waals surface area (Å²) in [6.45, 7) is -0.547. The second-order valence-electron chi connectivity index (χ2n) is 5.19. The molecular formula is C14H15F5N2O2. The van der Waals surface area contributed by atoms with Gasteiger partial charge < -0.3 is 10.1 Å². The minimum Gasteiger partial charge on any atom is -0.406 e. The molecule has 1 aromatic rings. The van der Waals surface area contributed by atoms with Crippen molar-refractivity contribution in [1.82, 2.24) is 10.6 Å². The lowest BCUT2D eigenvalue weighted by Gasteiger charge is -2.14. The summed E-state index contributed by atoms with van der Waals surface area (Å²) in [5, 5.41) is 4.83. The molecule has 4 nitrogen and oxygen atoms in total. The van der Waals surface area contributed by atoms with Crippen LogP contribution < -0.4 is 15.4 Å². The van der Waals surface area contributed by atoms with Crippen molar-refractivity contribution in [3.05, 3.63) is 29.8 Å². The van der Waals surface area contributed by atoms with Crippen LogP contribution in [0.15, 0.2) is 24.3 Å². The van der Waals surface area contributed by atoms with Crippen molar-refractivity contribution in [2.24, 2.45) is 0 Å². The Bertz CT molecular complexity index is 562. The molecule has 9 heteroatoms. The van der Waals surface area contributed by atoms with Crippen LogP contribution in [0.2, 0.25) is 0 Å². The molecule has 0 saturated carbocycles. The third-order valence-electron chi connectivity index (χ3n) is 3.32. The first-order valence-electron chi connectivity index (χ1n) is 6.89. The lowest BCUT2D eigenvalue weighted by molar-refractivity contribution is -0.274. The molecule has 128 valence electrons. The van der Waals surface area contributed by atoms with E-state index in [1.807, 2.05) is 0 Å². The van der Waals surface area contributed by atoms with Gasteiger partial charge >= 0.3 is 6.36 Å². The molecule has 0 spiro atoms. The molecule has 1 saturated heterocycles. The molecule has 23 heavy (non-hydrogen) atoms. The van der Waals surface area contributed by atoms with E-state index in [2.05, 4.69) is 15.4 Å². The van der Waals surface area contributed by atoms with Crippen LogP contribution >= 0.6 is 0 Å². The standard InChI is InChI=1S/C14H15F5N2O2/c15-13(16)7-10(21-8-13)12(22)20-6-5-9-3-1-2-4-11(9)23-14(17,18)19/h1-4,10,21H,5-8H2,(H,20,22). The van der Waals surface area contributed by atoms with Gasteiger partial charge in [0.1, 0.15) is 5.75 Å². The van der Waals surface area contributed by atoms with Crippen molar-refractivity contribution in [2.75, 3.05) is 13.1 Å². The quantitative estimate of drug-likeness (QED) is 0.810. The van der Waals surface area contributed by atoms with E-state index in [1.54, 1.807) is 6.07 Å². The minimum atomic E-state index is -4.81. The van der Waals surface area contributed by atoms with Crippen LogP contribution in [0.1, 0.15) is 12.0 Å². The Labute approximate surface area is 129 Å². The fraction of sp³-hybridized carbons (Fsp3) is 0.500. The number of carbonyl (C=O) groups is 1. The number of amides is 1. The molecule has 0 aliphatic carbocycles. The topological polar surface area (TPSA) is 50.4 Å². The van der Waals surface area contributed by atoms with E-state index < -0.39 is 37.2 Å². The van der Waals surface area contributed by atoms with Crippen molar-refractivity contribution in [3.63, 3.8) is 0 Å². The van der Waals surface area contributed by atoms with E-state index in [-0.39, 0.29) is 24.3 Å². The maximum atomic E-state index is 13.0. The number of hydrogen-bond donors (Lipinski definition) is 2. The summed E-state index contributed by atoms with van der Waals surface area (Å²) in [6, 6.07) is 4.55. The summed E-state index contributed by atoms with van der Waals surface area (Å²) >= 11 is 0. The fourth-order valence-electron chi connectivity index (χ4n) is 2.28. The van der Waals surface area contributed by atoms with Gasteiger partial charge in [0.25, 0.3) is 5.92 Å². The number of alkyl halides is 5. The largest absolute Gasteiger partial charge is 0.573 e. The normalized spacial score (nSPS) is 20.3. The molecule has 0 aromatic heterocycles. The molecule has 1 aromatic carbocycles. The van der Waals surface area contributed by atoms with Gasteiger partial charge in [-0.2, -0.15) is 0 Å². The minimum absolute atomic E-state index is 0.0147. The van der Waals surface area contributed by atoms with Crippen molar-refractivity contribution >= 4 is 5.91 Å². The van der Waals surface area contributed by atoms with Crippen LogP contribution in [-0.2, 0) is 11.2 Å². The Morgan fingerprint density at radius 1 is 1.35 bits per heavy atom. The number of halogens is 5. The van der Waals surface area contributed by atoms with Crippen molar-refractivity contribution in [2.45, 2.75) is 31.2 Å². The molecule has 1 aliphatic heterocycles. The van der Waals surface area contributed by atoms with Crippen LogP contribution in [0, 0.1) is 0 Å². The van der Waals surface area contributed by atoms with Gasteiger partial charge in [0.05, 0.1) is 12.6 Å². The average Bonchev–Trinajstić information content (AvgIpc) is 2.79. The van der Waals surface area contributed by atoms with E-state index in [9.17, 15) is 26.7 Å². The van der Waals surface area contributed by atoms with Crippen molar-refractivity contribution in [3.8, 4) is 5.75 Å². The number of nitrogens with one attached hydrogen (secondary N) is 2. The van der Waals surface area contributed by atoms with E-state index in [0.717, 1.165) is 0 Å². The molecule has 1 amide bonds. The first-order chi connectivity index (χ1) is 10.7. The zero-order valence-corrected chi connectivity index (χ0v) is 11.9. The van der Waals surface area contributed by atoms with Crippen molar-refractivity contribution in [1.29, 1.82) is 0 Å². The first kappa shape index (κ1) is 17.5. The summed E-state index contributed by atoms with van der Waals surface area (Å²) < 4.78 is 66.7. The van der Waals surface area contributed by atoms with E-state index >= 15 is 0 Å². The highest BCUT2D eigenvalue weighted by Crippen LogP contribution is 2.27. The second kappa shape index (κ2) is 6.69. The molecule has 1 heterocycles. The average molecular weight is 338 g/mol. The van der Waals surface area contributed by atoms with E-state index in [0.29, 0.717) is 0 Å². The lowest BCUT2D eigenvalue weighted by Crippen LogP contribution is -2.41. The second-order valence-corrected chi connectivity index (χ2v) is 5.19. The summed E-state index contributed by atoms with van der Waals surface area (Å²) in [4.78, 5) is 11.7. The number of rotatable bonds is 5. The third kappa shape index (κ3) is 5.34. The van der Waals surface area contributed by atoms with Crippen LogP contribution in [-0.4, -0.2) is 37.3 Å².